The first-order chi connectivity index (χ1) is 12.2. The lowest BCUT2D eigenvalue weighted by Crippen LogP contribution is -2.07. The number of hydrogen-bond donors (Lipinski definition) is 1. The minimum atomic E-state index is -0.192. The van der Waals surface area contributed by atoms with Gasteiger partial charge in [0.2, 0.25) is 5.91 Å². The lowest BCUT2D eigenvalue weighted by atomic mass is 10.1. The van der Waals surface area contributed by atoms with Crippen molar-refractivity contribution >= 4 is 29.0 Å². The first-order valence-corrected chi connectivity index (χ1v) is 8.68. The molecule has 0 aliphatic rings. The normalized spacial score (nSPS) is 10.8. The molecule has 0 saturated carbocycles. The van der Waals surface area contributed by atoms with Gasteiger partial charge in [-0.05, 0) is 31.2 Å². The smallest absolute Gasteiger partial charge is 0.248 e. The summed E-state index contributed by atoms with van der Waals surface area (Å²) in [4.78, 5) is 16.6. The first-order valence-electron chi connectivity index (χ1n) is 7.80. The van der Waals surface area contributed by atoms with Crippen LogP contribution in [0.3, 0.4) is 0 Å². The lowest BCUT2D eigenvalue weighted by Gasteiger charge is -2.05. The maximum Gasteiger partial charge on any atom is 0.248 e. The Morgan fingerprint density at radius 1 is 1.16 bits per heavy atom. The van der Waals surface area contributed by atoms with Crippen molar-refractivity contribution in [1.82, 2.24) is 4.98 Å². The summed E-state index contributed by atoms with van der Waals surface area (Å²) < 4.78 is 5.26. The van der Waals surface area contributed by atoms with E-state index in [-0.39, 0.29) is 5.91 Å². The summed E-state index contributed by atoms with van der Waals surface area (Å²) in [6.45, 7) is 1.98. The van der Waals surface area contributed by atoms with Gasteiger partial charge in [-0.3, -0.25) is 4.79 Å². The fraction of sp³-hybridized carbons (Fsp3) is 0.100. The van der Waals surface area contributed by atoms with E-state index in [9.17, 15) is 4.79 Å². The lowest BCUT2D eigenvalue weighted by molar-refractivity contribution is -0.111. The molecule has 3 rings (SSSR count). The second-order valence-electron chi connectivity index (χ2n) is 5.39. The molecule has 1 N–H and O–H groups in total. The van der Waals surface area contributed by atoms with E-state index in [4.69, 9.17) is 4.74 Å². The molecule has 0 saturated heterocycles. The molecule has 25 heavy (non-hydrogen) atoms. The number of benzene rings is 2. The molecule has 3 aromatic rings. The molecular weight excluding hydrogens is 332 g/mol. The van der Waals surface area contributed by atoms with Gasteiger partial charge in [-0.15, -0.1) is 11.3 Å². The van der Waals surface area contributed by atoms with Crippen LogP contribution in [0.4, 0.5) is 5.69 Å². The molecule has 0 aliphatic carbocycles. The molecule has 0 unspecified atom stereocenters. The van der Waals surface area contributed by atoms with E-state index in [0.717, 1.165) is 33.3 Å². The molecule has 0 bridgehead atoms. The minimum absolute atomic E-state index is 0.192. The van der Waals surface area contributed by atoms with Crippen LogP contribution in [-0.2, 0) is 4.79 Å². The number of amides is 1. The van der Waals surface area contributed by atoms with Crippen LogP contribution in [0.15, 0.2) is 60.0 Å². The first kappa shape index (κ1) is 16.9. The SMILES string of the molecule is COc1ccccc1/C=C/C(=O)Nc1ccc(-c2csc(C)n2)cc1. The Morgan fingerprint density at radius 2 is 1.92 bits per heavy atom. The number of ether oxygens (including phenoxy) is 1. The van der Waals surface area contributed by atoms with Gasteiger partial charge in [-0.25, -0.2) is 4.98 Å². The zero-order valence-corrected chi connectivity index (χ0v) is 14.8. The summed E-state index contributed by atoms with van der Waals surface area (Å²) in [5, 5.41) is 5.91. The van der Waals surface area contributed by atoms with Crippen molar-refractivity contribution in [3.05, 3.63) is 70.6 Å². The summed E-state index contributed by atoms with van der Waals surface area (Å²) in [6, 6.07) is 15.2. The Balaban J connectivity index is 1.66. The predicted octanol–water partition coefficient (Wildman–Crippen LogP) is 4.78. The van der Waals surface area contributed by atoms with Crippen molar-refractivity contribution < 1.29 is 9.53 Å². The van der Waals surface area contributed by atoms with Crippen LogP contribution in [0, 0.1) is 6.92 Å². The Bertz CT molecular complexity index is 898. The second-order valence-corrected chi connectivity index (χ2v) is 6.46. The number of aromatic nitrogens is 1. The fourth-order valence-electron chi connectivity index (χ4n) is 2.37. The topological polar surface area (TPSA) is 51.2 Å². The van der Waals surface area contributed by atoms with Crippen molar-refractivity contribution in [3.8, 4) is 17.0 Å². The summed E-state index contributed by atoms with van der Waals surface area (Å²) in [5.74, 6) is 0.539. The summed E-state index contributed by atoms with van der Waals surface area (Å²) in [6.07, 6.45) is 3.23. The summed E-state index contributed by atoms with van der Waals surface area (Å²) >= 11 is 1.62. The van der Waals surface area contributed by atoms with Gasteiger partial charge in [0.15, 0.2) is 0 Å². The number of anilines is 1. The Labute approximate surface area is 150 Å². The highest BCUT2D eigenvalue weighted by atomic mass is 32.1. The molecule has 2 aromatic carbocycles. The second kappa shape index (κ2) is 7.77. The van der Waals surface area contributed by atoms with Crippen LogP contribution in [-0.4, -0.2) is 18.0 Å². The Morgan fingerprint density at radius 3 is 2.60 bits per heavy atom. The summed E-state index contributed by atoms with van der Waals surface area (Å²) in [7, 11) is 1.61. The van der Waals surface area contributed by atoms with E-state index in [1.165, 1.54) is 6.08 Å². The average molecular weight is 350 g/mol. The number of carbonyl (C=O) groups is 1. The van der Waals surface area contributed by atoms with Crippen molar-refractivity contribution in [2.45, 2.75) is 6.92 Å². The Hall–Kier alpha value is -2.92. The van der Waals surface area contributed by atoms with Gasteiger partial charge >= 0.3 is 0 Å². The highest BCUT2D eigenvalue weighted by Crippen LogP contribution is 2.23. The molecule has 0 aliphatic heterocycles. The molecule has 1 heterocycles. The van der Waals surface area contributed by atoms with Crippen LogP contribution in [0.2, 0.25) is 0 Å². The van der Waals surface area contributed by atoms with Crippen LogP contribution in [0.25, 0.3) is 17.3 Å². The van der Waals surface area contributed by atoms with Crippen molar-refractivity contribution in [2.75, 3.05) is 12.4 Å². The van der Waals surface area contributed by atoms with E-state index in [1.54, 1.807) is 24.5 Å². The van der Waals surface area contributed by atoms with Crippen molar-refractivity contribution in [2.24, 2.45) is 0 Å². The highest BCUT2D eigenvalue weighted by molar-refractivity contribution is 7.09. The number of aryl methyl sites for hydroxylation is 1. The van der Waals surface area contributed by atoms with E-state index < -0.39 is 0 Å². The predicted molar refractivity (Wildman–Crippen MR) is 103 cm³/mol. The van der Waals surface area contributed by atoms with E-state index in [1.807, 2.05) is 60.8 Å². The average Bonchev–Trinajstić information content (AvgIpc) is 3.07. The number of carbonyl (C=O) groups excluding carboxylic acids is 1. The molecule has 126 valence electrons. The summed E-state index contributed by atoms with van der Waals surface area (Å²) in [5.41, 5.74) is 3.59. The van der Waals surface area contributed by atoms with E-state index >= 15 is 0 Å². The molecule has 1 amide bonds. The van der Waals surface area contributed by atoms with Crippen LogP contribution in [0.5, 0.6) is 5.75 Å². The van der Waals surface area contributed by atoms with Gasteiger partial charge in [0.1, 0.15) is 5.75 Å². The molecule has 0 atom stereocenters. The number of rotatable bonds is 5. The monoisotopic (exact) mass is 350 g/mol. The van der Waals surface area contributed by atoms with Gasteiger partial charge in [-0.2, -0.15) is 0 Å². The maximum absolute atomic E-state index is 12.1. The van der Waals surface area contributed by atoms with Gasteiger partial charge < -0.3 is 10.1 Å². The third-order valence-corrected chi connectivity index (χ3v) is 4.39. The van der Waals surface area contributed by atoms with Gasteiger partial charge in [-0.1, -0.05) is 30.3 Å². The molecule has 1 aromatic heterocycles. The molecular formula is C20H18N2O2S. The largest absolute Gasteiger partial charge is 0.496 e. The molecule has 0 fully saturated rings. The number of nitrogens with one attached hydrogen (secondary N) is 1. The number of para-hydroxylation sites is 1. The molecule has 4 nitrogen and oxygen atoms in total. The molecule has 5 heteroatoms. The van der Waals surface area contributed by atoms with Gasteiger partial charge in [0.05, 0.1) is 17.8 Å². The number of thiazole rings is 1. The quantitative estimate of drug-likeness (QED) is 0.674. The number of methoxy groups -OCH3 is 1. The third-order valence-electron chi connectivity index (χ3n) is 3.62. The van der Waals surface area contributed by atoms with Crippen molar-refractivity contribution in [1.29, 1.82) is 0 Å². The fourth-order valence-corrected chi connectivity index (χ4v) is 3.00. The van der Waals surface area contributed by atoms with Crippen LogP contribution >= 0.6 is 11.3 Å². The van der Waals surface area contributed by atoms with E-state index in [2.05, 4.69) is 10.3 Å². The molecule has 0 radical (unpaired) electrons. The van der Waals surface area contributed by atoms with E-state index in [0.29, 0.717) is 0 Å². The number of nitrogens with zero attached hydrogens (tertiary/aromatic N) is 1. The minimum Gasteiger partial charge on any atom is -0.496 e. The van der Waals surface area contributed by atoms with Crippen LogP contribution < -0.4 is 10.1 Å². The van der Waals surface area contributed by atoms with Gasteiger partial charge in [0.25, 0.3) is 0 Å². The number of hydrogen-bond acceptors (Lipinski definition) is 4. The molecule has 0 spiro atoms. The standard InChI is InChI=1S/C20H18N2O2S/c1-14-21-18(13-25-14)15-7-10-17(11-8-15)22-20(23)12-9-16-5-3-4-6-19(16)24-2/h3-13H,1-2H3,(H,22,23)/b12-9+. The third kappa shape index (κ3) is 4.33. The maximum atomic E-state index is 12.1. The van der Waals surface area contributed by atoms with Crippen molar-refractivity contribution in [3.63, 3.8) is 0 Å². The zero-order chi connectivity index (χ0) is 17.6. The van der Waals surface area contributed by atoms with Crippen LogP contribution in [0.1, 0.15) is 10.6 Å². The Kier molecular flexibility index (Phi) is 5.26. The van der Waals surface area contributed by atoms with Gasteiger partial charge in [0, 0.05) is 28.3 Å². The zero-order valence-electron chi connectivity index (χ0n) is 14.0. The highest BCUT2D eigenvalue weighted by Gasteiger charge is 2.04.